The maximum Gasteiger partial charge on any atom is 0.0345 e. The molecule has 0 aliphatic heterocycles. The third kappa shape index (κ3) is 1.14. The minimum absolute atomic E-state index is 0.505. The number of hydrogen-bond acceptors (Lipinski definition) is 0. The van der Waals surface area contributed by atoms with E-state index in [2.05, 4.69) is 56.4 Å². The van der Waals surface area contributed by atoms with Gasteiger partial charge in [-0.25, -0.2) is 0 Å². The Balaban J connectivity index is 2.28. The lowest BCUT2D eigenvalue weighted by atomic mass is 9.72. The van der Waals surface area contributed by atoms with E-state index < -0.39 is 0 Å². The second-order valence-electron chi connectivity index (χ2n) is 4.41. The Labute approximate surface area is 90.7 Å². The molecule has 74 valence electrons. The van der Waals surface area contributed by atoms with Crippen molar-refractivity contribution in [2.45, 2.75) is 13.8 Å². The summed E-state index contributed by atoms with van der Waals surface area (Å²) in [6, 6.07) is 0. The van der Waals surface area contributed by atoms with Gasteiger partial charge in [-0.3, -0.25) is 0 Å². The van der Waals surface area contributed by atoms with Crippen LogP contribution in [0.4, 0.5) is 0 Å². The van der Waals surface area contributed by atoms with Crippen LogP contribution in [0.1, 0.15) is 13.8 Å². The molecule has 0 aromatic carbocycles. The topological polar surface area (TPSA) is 0 Å². The van der Waals surface area contributed by atoms with Gasteiger partial charge in [-0.1, -0.05) is 42.5 Å². The first-order valence-electron chi connectivity index (χ1n) is 5.43. The fraction of sp³-hybridized carbons (Fsp3) is 0.200. The van der Waals surface area contributed by atoms with Crippen LogP contribution in [-0.4, -0.2) is 0 Å². The van der Waals surface area contributed by atoms with Gasteiger partial charge in [-0.2, -0.15) is 0 Å². The third-order valence-electron chi connectivity index (χ3n) is 3.43. The van der Waals surface area contributed by atoms with E-state index in [1.807, 2.05) is 0 Å². The zero-order valence-corrected chi connectivity index (χ0v) is 9.12. The molecule has 0 saturated heterocycles. The summed E-state index contributed by atoms with van der Waals surface area (Å²) >= 11 is 0. The Kier molecular flexibility index (Phi) is 1.72. The predicted molar refractivity (Wildman–Crippen MR) is 64.4 cm³/mol. The number of hydrogen-bond donors (Lipinski definition) is 0. The van der Waals surface area contributed by atoms with Crippen molar-refractivity contribution >= 4 is 0 Å². The monoisotopic (exact) mass is 194 g/mol. The van der Waals surface area contributed by atoms with Gasteiger partial charge in [0, 0.05) is 5.92 Å². The van der Waals surface area contributed by atoms with Crippen molar-refractivity contribution in [3.8, 4) is 0 Å². The summed E-state index contributed by atoms with van der Waals surface area (Å²) in [5, 5.41) is 0. The molecule has 15 heavy (non-hydrogen) atoms. The Morgan fingerprint density at radius 2 is 1.67 bits per heavy atom. The first-order valence-corrected chi connectivity index (χ1v) is 5.43. The van der Waals surface area contributed by atoms with Gasteiger partial charge in [0.2, 0.25) is 0 Å². The molecule has 0 saturated carbocycles. The molecule has 0 nitrogen and oxygen atoms in total. The van der Waals surface area contributed by atoms with Crippen molar-refractivity contribution in [1.82, 2.24) is 0 Å². The molecular weight excluding hydrogens is 180 g/mol. The smallest absolute Gasteiger partial charge is 0.0345 e. The molecule has 0 fully saturated rings. The standard InChI is InChI=1S/C15H14/c1-10-6-8-12-4-3-5-13-9-7-11(2)14(10)15(12)13/h3-9,15H,1-2H3. The Morgan fingerprint density at radius 3 is 2.53 bits per heavy atom. The highest BCUT2D eigenvalue weighted by molar-refractivity contribution is 5.62. The quantitative estimate of drug-likeness (QED) is 0.549. The second-order valence-corrected chi connectivity index (χ2v) is 4.41. The summed E-state index contributed by atoms with van der Waals surface area (Å²) in [5.74, 6) is 0.505. The molecule has 0 aromatic heterocycles. The first-order chi connectivity index (χ1) is 7.27. The van der Waals surface area contributed by atoms with Crippen molar-refractivity contribution in [1.29, 1.82) is 0 Å². The van der Waals surface area contributed by atoms with Crippen molar-refractivity contribution in [2.24, 2.45) is 5.92 Å². The van der Waals surface area contributed by atoms with E-state index in [1.165, 1.54) is 27.9 Å². The Morgan fingerprint density at radius 1 is 0.867 bits per heavy atom. The van der Waals surface area contributed by atoms with Crippen LogP contribution in [-0.2, 0) is 0 Å². The zero-order valence-electron chi connectivity index (χ0n) is 9.12. The highest BCUT2D eigenvalue weighted by Gasteiger charge is 2.28. The average Bonchev–Trinajstić information content (AvgIpc) is 2.25. The van der Waals surface area contributed by atoms with Crippen LogP contribution in [0.2, 0.25) is 0 Å². The third-order valence-corrected chi connectivity index (χ3v) is 3.43. The summed E-state index contributed by atoms with van der Waals surface area (Å²) in [6.07, 6.45) is 15.6. The van der Waals surface area contributed by atoms with Crippen molar-refractivity contribution < 1.29 is 0 Å². The molecule has 3 aliphatic rings. The maximum atomic E-state index is 2.25. The van der Waals surface area contributed by atoms with Crippen molar-refractivity contribution in [3.63, 3.8) is 0 Å². The van der Waals surface area contributed by atoms with E-state index in [0.717, 1.165) is 0 Å². The summed E-state index contributed by atoms with van der Waals surface area (Å²) in [6.45, 7) is 4.42. The molecule has 0 aromatic rings. The molecule has 1 atom stereocenters. The van der Waals surface area contributed by atoms with E-state index in [9.17, 15) is 0 Å². The lowest BCUT2D eigenvalue weighted by Gasteiger charge is -2.32. The fourth-order valence-corrected chi connectivity index (χ4v) is 2.68. The summed E-state index contributed by atoms with van der Waals surface area (Å²) < 4.78 is 0. The van der Waals surface area contributed by atoms with E-state index in [0.29, 0.717) is 5.92 Å². The predicted octanol–water partition coefficient (Wildman–Crippen LogP) is 3.87. The average molecular weight is 194 g/mol. The van der Waals surface area contributed by atoms with Gasteiger partial charge in [-0.05, 0) is 41.7 Å². The highest BCUT2D eigenvalue weighted by atomic mass is 14.3. The Hall–Kier alpha value is -1.56. The molecule has 0 amide bonds. The fourth-order valence-electron chi connectivity index (χ4n) is 2.68. The van der Waals surface area contributed by atoms with Crippen LogP contribution < -0.4 is 0 Å². The summed E-state index contributed by atoms with van der Waals surface area (Å²) in [7, 11) is 0. The number of allylic oxidation sites excluding steroid dienone is 12. The molecule has 0 bridgehead atoms. The second kappa shape index (κ2) is 2.96. The summed E-state index contributed by atoms with van der Waals surface area (Å²) in [5.41, 5.74) is 7.18. The molecular formula is C15H14. The van der Waals surface area contributed by atoms with E-state index >= 15 is 0 Å². The van der Waals surface area contributed by atoms with Crippen LogP contribution in [0.5, 0.6) is 0 Å². The molecule has 0 spiro atoms. The van der Waals surface area contributed by atoms with Gasteiger partial charge in [0.25, 0.3) is 0 Å². The van der Waals surface area contributed by atoms with Gasteiger partial charge in [0.15, 0.2) is 0 Å². The van der Waals surface area contributed by atoms with Crippen LogP contribution in [0.15, 0.2) is 70.4 Å². The number of rotatable bonds is 0. The molecule has 0 N–H and O–H groups in total. The van der Waals surface area contributed by atoms with Gasteiger partial charge >= 0.3 is 0 Å². The maximum absolute atomic E-state index is 2.25. The molecule has 3 rings (SSSR count). The van der Waals surface area contributed by atoms with Crippen LogP contribution in [0, 0.1) is 5.92 Å². The Bertz CT molecular complexity index is 502. The minimum Gasteiger partial charge on any atom is -0.0617 e. The van der Waals surface area contributed by atoms with Gasteiger partial charge in [0.1, 0.15) is 0 Å². The molecule has 0 radical (unpaired) electrons. The molecule has 0 heteroatoms. The van der Waals surface area contributed by atoms with Crippen LogP contribution in [0.3, 0.4) is 0 Å². The van der Waals surface area contributed by atoms with Gasteiger partial charge in [-0.15, -0.1) is 0 Å². The zero-order chi connectivity index (χ0) is 10.4. The normalized spacial score (nSPS) is 27.1. The highest BCUT2D eigenvalue weighted by Crippen LogP contribution is 2.43. The molecule has 3 aliphatic carbocycles. The van der Waals surface area contributed by atoms with Crippen molar-refractivity contribution in [3.05, 3.63) is 70.4 Å². The van der Waals surface area contributed by atoms with Gasteiger partial charge in [0.05, 0.1) is 0 Å². The first kappa shape index (κ1) is 8.72. The van der Waals surface area contributed by atoms with Crippen LogP contribution >= 0.6 is 0 Å². The van der Waals surface area contributed by atoms with Crippen LogP contribution in [0.25, 0.3) is 0 Å². The van der Waals surface area contributed by atoms with Gasteiger partial charge < -0.3 is 0 Å². The lowest BCUT2D eigenvalue weighted by Crippen LogP contribution is -2.18. The molecule has 1 unspecified atom stereocenters. The minimum atomic E-state index is 0.505. The van der Waals surface area contributed by atoms with E-state index in [4.69, 9.17) is 0 Å². The lowest BCUT2D eigenvalue weighted by molar-refractivity contribution is 0.843. The summed E-state index contributed by atoms with van der Waals surface area (Å²) in [4.78, 5) is 0. The molecule has 0 heterocycles. The van der Waals surface area contributed by atoms with E-state index in [1.54, 1.807) is 0 Å². The largest absolute Gasteiger partial charge is 0.0617 e. The van der Waals surface area contributed by atoms with E-state index in [-0.39, 0.29) is 0 Å². The van der Waals surface area contributed by atoms with Crippen molar-refractivity contribution in [2.75, 3.05) is 0 Å². The SMILES string of the molecule is CC1=CC=C2C=CC=C3C=CC(C)=C1C32.